The fraction of sp³-hybridized carbons (Fsp3) is 1.00. The van der Waals surface area contributed by atoms with Gasteiger partial charge in [-0.15, -0.1) is 0 Å². The Morgan fingerprint density at radius 3 is 1.04 bits per heavy atom. The predicted molar refractivity (Wildman–Crippen MR) is 90.9 cm³/mol. The first-order valence-corrected chi connectivity index (χ1v) is 8.99. The largest absolute Gasteiger partial charge is 0.393 e. The fourth-order valence-corrected chi connectivity index (χ4v) is 2.51. The van der Waals surface area contributed by atoms with Gasteiger partial charge in [0.2, 0.25) is 0 Å². The average Bonchev–Trinajstić information content (AvgIpc) is 2.54. The summed E-state index contributed by atoms with van der Waals surface area (Å²) in [5.41, 5.74) is 5.35. The molecule has 140 valence electrons. The third kappa shape index (κ3) is 13.9. The molecule has 0 rings (SSSR count). The Morgan fingerprint density at radius 2 is 0.783 bits per heavy atom. The molecule has 0 aromatic heterocycles. The van der Waals surface area contributed by atoms with E-state index in [-0.39, 0.29) is 6.10 Å². The third-order valence-corrected chi connectivity index (χ3v) is 4.30. The van der Waals surface area contributed by atoms with E-state index in [2.05, 4.69) is 0 Å². The van der Waals surface area contributed by atoms with Crippen LogP contribution in [-0.4, -0.2) is 62.6 Å². The van der Waals surface area contributed by atoms with Gasteiger partial charge in [-0.2, -0.15) is 0 Å². The molecular weight excluding hydrogens is 298 g/mol. The normalized spacial score (nSPS) is 18.4. The number of hydrogen-bond acceptors (Lipinski definition) is 6. The van der Waals surface area contributed by atoms with E-state index in [1.165, 1.54) is 0 Å². The second-order valence-electron chi connectivity index (χ2n) is 6.56. The summed E-state index contributed by atoms with van der Waals surface area (Å²) in [6.07, 6.45) is 2.96. The molecule has 0 aromatic carbocycles. The van der Waals surface area contributed by atoms with E-state index in [1.54, 1.807) is 0 Å². The van der Waals surface area contributed by atoms with Gasteiger partial charge in [-0.3, -0.25) is 0 Å². The number of aliphatic hydroxyl groups excluding tert-OH is 5. The lowest BCUT2D eigenvalue weighted by molar-refractivity contribution is 0.0686. The molecule has 7 N–H and O–H groups in total. The smallest absolute Gasteiger partial charge is 0.0553 e. The van der Waals surface area contributed by atoms with Gasteiger partial charge in [0.25, 0.3) is 0 Å². The summed E-state index contributed by atoms with van der Waals surface area (Å²) in [5, 5.41) is 48.5. The molecule has 0 radical (unpaired) electrons. The highest BCUT2D eigenvalue weighted by molar-refractivity contribution is 4.67. The summed E-state index contributed by atoms with van der Waals surface area (Å²) in [6.45, 7) is 2.34. The molecule has 5 atom stereocenters. The van der Waals surface area contributed by atoms with E-state index in [0.717, 1.165) is 0 Å². The van der Waals surface area contributed by atoms with E-state index in [0.29, 0.717) is 70.8 Å². The molecule has 0 spiro atoms. The number of hydrogen-bond donors (Lipinski definition) is 6. The van der Waals surface area contributed by atoms with Crippen LogP contribution < -0.4 is 5.73 Å². The van der Waals surface area contributed by atoms with E-state index in [1.807, 2.05) is 6.92 Å². The van der Waals surface area contributed by atoms with Crippen LogP contribution in [0.15, 0.2) is 0 Å². The summed E-state index contributed by atoms with van der Waals surface area (Å²) < 4.78 is 0. The third-order valence-electron chi connectivity index (χ3n) is 4.30. The molecule has 0 aliphatic heterocycles. The molecule has 6 heteroatoms. The average molecular weight is 335 g/mol. The molecule has 0 saturated carbocycles. The number of nitrogens with two attached hydrogens (primary N) is 1. The minimum atomic E-state index is -0.538. The molecule has 0 bridgehead atoms. The zero-order valence-electron chi connectivity index (χ0n) is 14.5. The topological polar surface area (TPSA) is 127 Å². The lowest BCUT2D eigenvalue weighted by Gasteiger charge is -2.17. The second-order valence-corrected chi connectivity index (χ2v) is 6.56. The summed E-state index contributed by atoms with van der Waals surface area (Å²) >= 11 is 0. The molecule has 23 heavy (non-hydrogen) atoms. The lowest BCUT2D eigenvalue weighted by atomic mass is 9.98. The van der Waals surface area contributed by atoms with Crippen LogP contribution in [0, 0.1) is 0 Å². The van der Waals surface area contributed by atoms with E-state index in [4.69, 9.17) is 5.73 Å². The molecule has 5 unspecified atom stereocenters. The molecule has 0 aromatic rings. The predicted octanol–water partition coefficient (Wildman–Crippen LogP) is 0.670. The van der Waals surface area contributed by atoms with Crippen LogP contribution in [0.3, 0.4) is 0 Å². The minimum absolute atomic E-state index is 0.362. The quantitative estimate of drug-likeness (QED) is 0.261. The SMILES string of the molecule is CCC(O)CCC(O)CCC(O)CCC(O)CCC(O)CCN. The van der Waals surface area contributed by atoms with Crippen LogP contribution in [-0.2, 0) is 0 Å². The van der Waals surface area contributed by atoms with Crippen LogP contribution in [0.1, 0.15) is 71.1 Å². The lowest BCUT2D eigenvalue weighted by Crippen LogP contribution is -2.19. The van der Waals surface area contributed by atoms with Gasteiger partial charge in [-0.25, -0.2) is 0 Å². The van der Waals surface area contributed by atoms with Crippen molar-refractivity contribution in [3.8, 4) is 0 Å². The highest BCUT2D eigenvalue weighted by atomic mass is 16.3. The molecular formula is C17H37NO5. The van der Waals surface area contributed by atoms with E-state index in [9.17, 15) is 25.5 Å². The van der Waals surface area contributed by atoms with Crippen molar-refractivity contribution < 1.29 is 25.5 Å². The fourth-order valence-electron chi connectivity index (χ4n) is 2.51. The Balaban J connectivity index is 3.67. The van der Waals surface area contributed by atoms with Crippen molar-refractivity contribution in [1.29, 1.82) is 0 Å². The summed E-state index contributed by atoms with van der Waals surface area (Å²) in [4.78, 5) is 0. The number of rotatable bonds is 15. The van der Waals surface area contributed by atoms with Gasteiger partial charge in [0.15, 0.2) is 0 Å². The first-order chi connectivity index (χ1) is 10.9. The van der Waals surface area contributed by atoms with Gasteiger partial charge >= 0.3 is 0 Å². The van der Waals surface area contributed by atoms with Crippen LogP contribution in [0.4, 0.5) is 0 Å². The zero-order chi connectivity index (χ0) is 17.7. The Bertz CT molecular complexity index is 267. The Labute approximate surface area is 140 Å². The molecule has 0 saturated heterocycles. The maximum Gasteiger partial charge on any atom is 0.0553 e. The van der Waals surface area contributed by atoms with Crippen molar-refractivity contribution in [3.63, 3.8) is 0 Å². The molecule has 0 aliphatic carbocycles. The first kappa shape index (κ1) is 22.8. The zero-order valence-corrected chi connectivity index (χ0v) is 14.5. The van der Waals surface area contributed by atoms with Gasteiger partial charge in [-0.05, 0) is 70.8 Å². The highest BCUT2D eigenvalue weighted by Gasteiger charge is 2.14. The summed E-state index contributed by atoms with van der Waals surface area (Å²) in [6, 6.07) is 0. The Morgan fingerprint density at radius 1 is 0.522 bits per heavy atom. The molecule has 0 aliphatic rings. The first-order valence-electron chi connectivity index (χ1n) is 8.99. The van der Waals surface area contributed by atoms with Gasteiger partial charge in [0.05, 0.1) is 30.5 Å². The monoisotopic (exact) mass is 335 g/mol. The highest BCUT2D eigenvalue weighted by Crippen LogP contribution is 2.15. The maximum absolute atomic E-state index is 9.89. The maximum atomic E-state index is 9.89. The Kier molecular flexibility index (Phi) is 14.0. The van der Waals surface area contributed by atoms with Crippen molar-refractivity contribution in [2.75, 3.05) is 6.54 Å². The van der Waals surface area contributed by atoms with Crippen molar-refractivity contribution in [2.24, 2.45) is 5.73 Å². The van der Waals surface area contributed by atoms with Crippen molar-refractivity contribution in [2.45, 2.75) is 102 Å². The van der Waals surface area contributed by atoms with Crippen LogP contribution in [0.2, 0.25) is 0 Å². The van der Waals surface area contributed by atoms with Crippen LogP contribution in [0.5, 0.6) is 0 Å². The van der Waals surface area contributed by atoms with Gasteiger partial charge in [0, 0.05) is 0 Å². The van der Waals surface area contributed by atoms with Crippen molar-refractivity contribution in [1.82, 2.24) is 0 Å². The molecule has 0 heterocycles. The number of aliphatic hydroxyl groups is 5. The Hall–Kier alpha value is -0.240. The van der Waals surface area contributed by atoms with Gasteiger partial charge < -0.3 is 31.3 Å². The molecule has 0 amide bonds. The standard InChI is InChI=1S/C17H37NO5/c1-2-13(19)3-4-14(20)5-6-15(21)7-8-16(22)9-10-17(23)11-12-18/h13-17,19-23H,2-12,18H2,1H3. The summed E-state index contributed by atoms with van der Waals surface area (Å²) in [7, 11) is 0. The van der Waals surface area contributed by atoms with Crippen molar-refractivity contribution in [3.05, 3.63) is 0 Å². The summed E-state index contributed by atoms with van der Waals surface area (Å²) in [5.74, 6) is 0. The second kappa shape index (κ2) is 14.1. The van der Waals surface area contributed by atoms with E-state index < -0.39 is 24.4 Å². The van der Waals surface area contributed by atoms with E-state index >= 15 is 0 Å². The molecule has 6 nitrogen and oxygen atoms in total. The minimum Gasteiger partial charge on any atom is -0.393 e. The van der Waals surface area contributed by atoms with Crippen LogP contribution in [0.25, 0.3) is 0 Å². The van der Waals surface area contributed by atoms with Gasteiger partial charge in [-0.1, -0.05) is 6.92 Å². The van der Waals surface area contributed by atoms with Crippen molar-refractivity contribution >= 4 is 0 Å². The van der Waals surface area contributed by atoms with Gasteiger partial charge in [0.1, 0.15) is 0 Å². The van der Waals surface area contributed by atoms with Crippen LogP contribution >= 0.6 is 0 Å². The molecule has 0 fully saturated rings.